The number of urea groups is 1. The van der Waals surface area contributed by atoms with Crippen LogP contribution in [0, 0.1) is 0 Å². The van der Waals surface area contributed by atoms with Crippen LogP contribution in [-0.2, 0) is 0 Å². The minimum absolute atomic E-state index is 0.0623. The number of benzene rings is 1. The molecule has 0 heterocycles. The van der Waals surface area contributed by atoms with Crippen LogP contribution in [0.15, 0.2) is 24.3 Å². The molecule has 0 bridgehead atoms. The standard InChI is InChI=1S/C15H24N2O2/c1-5-11(3)16-15(19)17(6-2)12(4)13-8-7-9-14(18)10-13/h7-12,18H,5-6H2,1-4H3,(H,16,19)/t11-,12+/m1/s1. The molecule has 2 amide bonds. The summed E-state index contributed by atoms with van der Waals surface area (Å²) in [6.45, 7) is 8.58. The number of phenolic OH excluding ortho intramolecular Hbond substituents is 1. The van der Waals surface area contributed by atoms with Crippen molar-refractivity contribution in [1.82, 2.24) is 10.2 Å². The van der Waals surface area contributed by atoms with E-state index in [0.29, 0.717) is 6.54 Å². The van der Waals surface area contributed by atoms with Gasteiger partial charge in [-0.1, -0.05) is 19.1 Å². The molecule has 0 aliphatic rings. The summed E-state index contributed by atoms with van der Waals surface area (Å²) in [6.07, 6.45) is 0.907. The molecule has 0 spiro atoms. The van der Waals surface area contributed by atoms with Gasteiger partial charge in [0.05, 0.1) is 6.04 Å². The molecule has 1 rings (SSSR count). The summed E-state index contributed by atoms with van der Waals surface area (Å²) in [7, 11) is 0. The Labute approximate surface area is 115 Å². The van der Waals surface area contributed by atoms with E-state index >= 15 is 0 Å². The van der Waals surface area contributed by atoms with Gasteiger partial charge in [-0.3, -0.25) is 0 Å². The van der Waals surface area contributed by atoms with E-state index in [1.54, 1.807) is 23.1 Å². The van der Waals surface area contributed by atoms with E-state index in [1.165, 1.54) is 0 Å². The van der Waals surface area contributed by atoms with Crippen molar-refractivity contribution in [3.8, 4) is 5.75 Å². The lowest BCUT2D eigenvalue weighted by molar-refractivity contribution is 0.179. The van der Waals surface area contributed by atoms with Crippen molar-refractivity contribution in [1.29, 1.82) is 0 Å². The molecule has 0 saturated carbocycles. The van der Waals surface area contributed by atoms with Crippen LogP contribution >= 0.6 is 0 Å². The van der Waals surface area contributed by atoms with Crippen molar-refractivity contribution in [3.05, 3.63) is 29.8 Å². The second-order valence-corrected chi connectivity index (χ2v) is 4.82. The van der Waals surface area contributed by atoms with Gasteiger partial charge in [-0.2, -0.15) is 0 Å². The Balaban J connectivity index is 2.81. The number of nitrogens with zero attached hydrogens (tertiary/aromatic N) is 1. The molecule has 1 aromatic rings. The molecular formula is C15H24N2O2. The maximum Gasteiger partial charge on any atom is 0.318 e. The highest BCUT2D eigenvalue weighted by atomic mass is 16.3. The lowest BCUT2D eigenvalue weighted by atomic mass is 10.1. The van der Waals surface area contributed by atoms with Crippen LogP contribution in [0.1, 0.15) is 45.7 Å². The Morgan fingerprint density at radius 1 is 1.37 bits per heavy atom. The number of phenols is 1. The first-order chi connectivity index (χ1) is 8.99. The van der Waals surface area contributed by atoms with Crippen molar-refractivity contribution in [3.63, 3.8) is 0 Å². The molecule has 0 unspecified atom stereocenters. The summed E-state index contributed by atoms with van der Waals surface area (Å²) < 4.78 is 0. The zero-order valence-corrected chi connectivity index (χ0v) is 12.2. The van der Waals surface area contributed by atoms with Gasteiger partial charge in [-0.25, -0.2) is 4.79 Å². The third kappa shape index (κ3) is 4.16. The fraction of sp³-hybridized carbons (Fsp3) is 0.533. The van der Waals surface area contributed by atoms with Crippen LogP contribution in [0.25, 0.3) is 0 Å². The molecule has 2 N–H and O–H groups in total. The minimum atomic E-state index is -0.0684. The average Bonchev–Trinajstić information content (AvgIpc) is 2.39. The van der Waals surface area contributed by atoms with Crippen molar-refractivity contribution < 1.29 is 9.90 Å². The highest BCUT2D eigenvalue weighted by Crippen LogP contribution is 2.23. The minimum Gasteiger partial charge on any atom is -0.508 e. The van der Waals surface area contributed by atoms with Crippen LogP contribution < -0.4 is 5.32 Å². The summed E-state index contributed by atoms with van der Waals surface area (Å²) in [5.41, 5.74) is 0.932. The number of hydrogen-bond donors (Lipinski definition) is 2. The first kappa shape index (κ1) is 15.3. The lowest BCUT2D eigenvalue weighted by Gasteiger charge is -2.30. The number of carbonyl (C=O) groups is 1. The van der Waals surface area contributed by atoms with Gasteiger partial charge in [0.2, 0.25) is 0 Å². The summed E-state index contributed by atoms with van der Waals surface area (Å²) in [4.78, 5) is 14.0. The molecule has 4 heteroatoms. The molecule has 0 aromatic heterocycles. The SMILES string of the molecule is CC[C@@H](C)NC(=O)N(CC)[C@@H](C)c1cccc(O)c1. The van der Waals surface area contributed by atoms with E-state index in [1.807, 2.05) is 33.8 Å². The molecule has 0 fully saturated rings. The van der Waals surface area contributed by atoms with E-state index < -0.39 is 0 Å². The van der Waals surface area contributed by atoms with Crippen LogP contribution in [0.4, 0.5) is 4.79 Å². The molecule has 1 aromatic carbocycles. The van der Waals surface area contributed by atoms with Gasteiger partial charge in [-0.15, -0.1) is 0 Å². The normalized spacial score (nSPS) is 13.7. The largest absolute Gasteiger partial charge is 0.508 e. The van der Waals surface area contributed by atoms with Crippen molar-refractivity contribution in [2.45, 2.75) is 46.2 Å². The van der Waals surface area contributed by atoms with Crippen LogP contribution in [0.2, 0.25) is 0 Å². The quantitative estimate of drug-likeness (QED) is 0.857. The predicted molar refractivity (Wildman–Crippen MR) is 77.2 cm³/mol. The van der Waals surface area contributed by atoms with Crippen LogP contribution in [-0.4, -0.2) is 28.6 Å². The second-order valence-electron chi connectivity index (χ2n) is 4.82. The first-order valence-electron chi connectivity index (χ1n) is 6.85. The number of rotatable bonds is 5. The van der Waals surface area contributed by atoms with Gasteiger partial charge in [0, 0.05) is 12.6 Å². The van der Waals surface area contributed by atoms with Gasteiger partial charge in [0.25, 0.3) is 0 Å². The van der Waals surface area contributed by atoms with Crippen molar-refractivity contribution in [2.24, 2.45) is 0 Å². The zero-order chi connectivity index (χ0) is 14.4. The van der Waals surface area contributed by atoms with E-state index in [2.05, 4.69) is 5.32 Å². The van der Waals surface area contributed by atoms with Gasteiger partial charge in [0.1, 0.15) is 5.75 Å². The van der Waals surface area contributed by atoms with E-state index in [9.17, 15) is 9.90 Å². The molecule has 106 valence electrons. The first-order valence-corrected chi connectivity index (χ1v) is 6.85. The number of hydrogen-bond acceptors (Lipinski definition) is 2. The molecule has 0 saturated heterocycles. The Bertz CT molecular complexity index is 420. The second kappa shape index (κ2) is 7.02. The Kier molecular flexibility index (Phi) is 5.67. The Morgan fingerprint density at radius 2 is 2.05 bits per heavy atom. The zero-order valence-electron chi connectivity index (χ0n) is 12.2. The molecule has 0 aliphatic carbocycles. The summed E-state index contributed by atoms with van der Waals surface area (Å²) in [5.74, 6) is 0.225. The maximum absolute atomic E-state index is 12.2. The fourth-order valence-corrected chi connectivity index (χ4v) is 1.95. The average molecular weight is 264 g/mol. The van der Waals surface area contributed by atoms with Gasteiger partial charge in [-0.05, 0) is 44.9 Å². The predicted octanol–water partition coefficient (Wildman–Crippen LogP) is 3.28. The van der Waals surface area contributed by atoms with E-state index in [4.69, 9.17) is 0 Å². The van der Waals surface area contributed by atoms with Crippen LogP contribution in [0.3, 0.4) is 0 Å². The molecule has 4 nitrogen and oxygen atoms in total. The third-order valence-electron chi connectivity index (χ3n) is 3.40. The van der Waals surface area contributed by atoms with Crippen LogP contribution in [0.5, 0.6) is 5.75 Å². The lowest BCUT2D eigenvalue weighted by Crippen LogP contribution is -2.44. The van der Waals surface area contributed by atoms with Gasteiger partial charge >= 0.3 is 6.03 Å². The summed E-state index contributed by atoms with van der Waals surface area (Å²) >= 11 is 0. The summed E-state index contributed by atoms with van der Waals surface area (Å²) in [5, 5.41) is 12.5. The number of aromatic hydroxyl groups is 1. The molecule has 0 aliphatic heterocycles. The van der Waals surface area contributed by atoms with Crippen molar-refractivity contribution >= 4 is 6.03 Å². The smallest absolute Gasteiger partial charge is 0.318 e. The van der Waals surface area contributed by atoms with E-state index in [-0.39, 0.29) is 23.9 Å². The fourth-order valence-electron chi connectivity index (χ4n) is 1.95. The summed E-state index contributed by atoms with van der Waals surface area (Å²) in [6, 6.07) is 7.08. The number of nitrogens with one attached hydrogen (secondary N) is 1. The Morgan fingerprint density at radius 3 is 2.58 bits per heavy atom. The third-order valence-corrected chi connectivity index (χ3v) is 3.40. The van der Waals surface area contributed by atoms with Gasteiger partial charge < -0.3 is 15.3 Å². The highest BCUT2D eigenvalue weighted by Gasteiger charge is 2.20. The molecular weight excluding hydrogens is 240 g/mol. The number of carbonyl (C=O) groups excluding carboxylic acids is 1. The van der Waals surface area contributed by atoms with E-state index in [0.717, 1.165) is 12.0 Å². The van der Waals surface area contributed by atoms with Gasteiger partial charge in [0.15, 0.2) is 0 Å². The Hall–Kier alpha value is -1.71. The van der Waals surface area contributed by atoms with Crippen molar-refractivity contribution in [2.75, 3.05) is 6.54 Å². The molecule has 0 radical (unpaired) electrons. The highest BCUT2D eigenvalue weighted by molar-refractivity contribution is 5.75. The molecule has 2 atom stereocenters. The number of amides is 2. The topological polar surface area (TPSA) is 52.6 Å². The maximum atomic E-state index is 12.2. The monoisotopic (exact) mass is 264 g/mol. The molecule has 19 heavy (non-hydrogen) atoms.